The minimum Gasteiger partial charge on any atom is -0.433 e. The Balaban J connectivity index is 1.78. The van der Waals surface area contributed by atoms with Gasteiger partial charge in [0.05, 0.1) is 0 Å². The number of carbonyl (C=O) groups excluding carboxylic acids is 2. The first-order valence-electron chi connectivity index (χ1n) is 9.73. The van der Waals surface area contributed by atoms with Crippen molar-refractivity contribution in [3.63, 3.8) is 0 Å². The maximum absolute atomic E-state index is 13.1. The van der Waals surface area contributed by atoms with Gasteiger partial charge in [-0.3, -0.25) is 4.79 Å². The summed E-state index contributed by atoms with van der Waals surface area (Å²) in [4.78, 5) is 27.8. The lowest BCUT2D eigenvalue weighted by Crippen LogP contribution is -2.53. The van der Waals surface area contributed by atoms with Crippen LogP contribution in [0.25, 0.3) is 10.9 Å². The highest BCUT2D eigenvalue weighted by molar-refractivity contribution is 5.89. The number of aromatic amines is 1. The Morgan fingerprint density at radius 2 is 2.00 bits per heavy atom. The van der Waals surface area contributed by atoms with E-state index in [0.717, 1.165) is 29.3 Å². The number of H-pyrrole nitrogens is 1. The molecular weight excluding hydrogens is 342 g/mol. The Hall–Kier alpha value is -2.50. The monoisotopic (exact) mass is 371 g/mol. The van der Waals surface area contributed by atoms with Gasteiger partial charge in [0.1, 0.15) is 0 Å². The average molecular weight is 371 g/mol. The summed E-state index contributed by atoms with van der Waals surface area (Å²) >= 11 is 0. The van der Waals surface area contributed by atoms with Crippen molar-refractivity contribution in [2.75, 3.05) is 0 Å². The second-order valence-corrected chi connectivity index (χ2v) is 7.85. The molecule has 2 amide bonds. The number of amides is 2. The predicted molar refractivity (Wildman–Crippen MR) is 105 cm³/mol. The highest BCUT2D eigenvalue weighted by atomic mass is 16.6. The van der Waals surface area contributed by atoms with Crippen molar-refractivity contribution in [2.24, 2.45) is 11.7 Å². The number of aromatic nitrogens is 1. The quantitative estimate of drug-likeness (QED) is 0.723. The zero-order chi connectivity index (χ0) is 19.4. The highest BCUT2D eigenvalue weighted by Crippen LogP contribution is 2.28. The number of carbonyl (C=O) groups is 2. The molecule has 0 saturated heterocycles. The van der Waals surface area contributed by atoms with E-state index < -0.39 is 11.7 Å². The maximum atomic E-state index is 13.1. The fourth-order valence-electron chi connectivity index (χ4n) is 4.14. The molecule has 1 saturated carbocycles. The summed E-state index contributed by atoms with van der Waals surface area (Å²) in [6, 6.07) is 7.87. The molecule has 1 fully saturated rings. The first-order valence-corrected chi connectivity index (χ1v) is 9.73. The van der Waals surface area contributed by atoms with E-state index >= 15 is 0 Å². The van der Waals surface area contributed by atoms with Gasteiger partial charge in [-0.2, -0.15) is 0 Å². The minimum absolute atomic E-state index is 0.0385. The van der Waals surface area contributed by atoms with Crippen molar-refractivity contribution in [1.82, 2.24) is 10.3 Å². The van der Waals surface area contributed by atoms with Crippen LogP contribution in [-0.4, -0.2) is 28.6 Å². The summed E-state index contributed by atoms with van der Waals surface area (Å²) in [5.41, 5.74) is 5.81. The third-order valence-electron chi connectivity index (χ3n) is 5.72. The van der Waals surface area contributed by atoms with Crippen molar-refractivity contribution in [1.29, 1.82) is 0 Å². The SMILES string of the molecule is CC(NC(=O)C(C)(Cc1c[nH]c2ccccc12)OC(N)=O)C1CCCCC1. The molecule has 2 atom stereocenters. The first-order chi connectivity index (χ1) is 12.9. The molecule has 1 aliphatic rings. The molecule has 0 radical (unpaired) electrons. The van der Waals surface area contributed by atoms with E-state index in [0.29, 0.717) is 5.92 Å². The molecule has 6 nitrogen and oxygen atoms in total. The topological polar surface area (TPSA) is 97.2 Å². The van der Waals surface area contributed by atoms with E-state index in [4.69, 9.17) is 10.5 Å². The summed E-state index contributed by atoms with van der Waals surface area (Å²) < 4.78 is 5.32. The number of nitrogens with two attached hydrogens (primary N) is 1. The van der Waals surface area contributed by atoms with Crippen molar-refractivity contribution < 1.29 is 14.3 Å². The molecular formula is C21H29N3O3. The molecule has 146 valence electrons. The number of nitrogens with one attached hydrogen (secondary N) is 2. The lowest BCUT2D eigenvalue weighted by Gasteiger charge is -2.33. The van der Waals surface area contributed by atoms with Crippen LogP contribution >= 0.6 is 0 Å². The number of rotatable bonds is 6. The van der Waals surface area contributed by atoms with Crippen LogP contribution in [0.4, 0.5) is 4.79 Å². The standard InChI is InChI=1S/C21H29N3O3/c1-14(15-8-4-3-5-9-15)24-19(25)21(2,27-20(22)26)12-16-13-23-18-11-7-6-10-17(16)18/h6-7,10-11,13-15,23H,3-5,8-9,12H2,1-2H3,(H2,22,26)(H,24,25). The summed E-state index contributed by atoms with van der Waals surface area (Å²) in [6.45, 7) is 3.66. The van der Waals surface area contributed by atoms with E-state index in [1.807, 2.05) is 37.4 Å². The molecule has 1 aromatic carbocycles. The molecule has 6 heteroatoms. The van der Waals surface area contributed by atoms with E-state index in [1.54, 1.807) is 6.92 Å². The summed E-state index contributed by atoms with van der Waals surface area (Å²) in [5, 5.41) is 4.08. The Bertz CT molecular complexity index is 810. The predicted octanol–water partition coefficient (Wildman–Crippen LogP) is 3.65. The average Bonchev–Trinajstić information content (AvgIpc) is 3.04. The second kappa shape index (κ2) is 8.03. The van der Waals surface area contributed by atoms with Gasteiger partial charge < -0.3 is 20.8 Å². The van der Waals surface area contributed by atoms with Crippen molar-refractivity contribution >= 4 is 22.9 Å². The smallest absolute Gasteiger partial charge is 0.405 e. The summed E-state index contributed by atoms with van der Waals surface area (Å²) in [7, 11) is 0. The zero-order valence-corrected chi connectivity index (χ0v) is 16.1. The largest absolute Gasteiger partial charge is 0.433 e. The number of fused-ring (bicyclic) bond motifs is 1. The van der Waals surface area contributed by atoms with Gasteiger partial charge in [0, 0.05) is 29.6 Å². The summed E-state index contributed by atoms with van der Waals surface area (Å²) in [6.07, 6.45) is 7.07. The zero-order valence-electron chi connectivity index (χ0n) is 16.1. The number of ether oxygens (including phenoxy) is 1. The van der Waals surface area contributed by atoms with Gasteiger partial charge in [0.2, 0.25) is 0 Å². The van der Waals surface area contributed by atoms with Crippen molar-refractivity contribution in [3.8, 4) is 0 Å². The molecule has 2 aromatic rings. The fourth-order valence-corrected chi connectivity index (χ4v) is 4.14. The fraction of sp³-hybridized carbons (Fsp3) is 0.524. The van der Waals surface area contributed by atoms with Gasteiger partial charge in [0.25, 0.3) is 5.91 Å². The molecule has 1 aliphatic carbocycles. The van der Waals surface area contributed by atoms with Gasteiger partial charge in [-0.05, 0) is 44.2 Å². The number of para-hydroxylation sites is 1. The van der Waals surface area contributed by atoms with Crippen molar-refractivity contribution in [2.45, 2.75) is 64.0 Å². The summed E-state index contributed by atoms with van der Waals surface area (Å²) in [5.74, 6) is 0.165. The van der Waals surface area contributed by atoms with Gasteiger partial charge in [-0.1, -0.05) is 37.5 Å². The van der Waals surface area contributed by atoms with Crippen LogP contribution < -0.4 is 11.1 Å². The van der Waals surface area contributed by atoms with E-state index in [1.165, 1.54) is 19.3 Å². The number of hydrogen-bond donors (Lipinski definition) is 3. The lowest BCUT2D eigenvalue weighted by molar-refractivity contribution is -0.139. The lowest BCUT2D eigenvalue weighted by atomic mass is 9.84. The van der Waals surface area contributed by atoms with Crippen LogP contribution in [0.5, 0.6) is 0 Å². The molecule has 3 rings (SSSR count). The molecule has 0 spiro atoms. The van der Waals surface area contributed by atoms with Crippen LogP contribution in [-0.2, 0) is 16.0 Å². The highest BCUT2D eigenvalue weighted by Gasteiger charge is 2.39. The Morgan fingerprint density at radius 1 is 1.30 bits per heavy atom. The normalized spacial score (nSPS) is 18.6. The number of hydrogen-bond acceptors (Lipinski definition) is 3. The Morgan fingerprint density at radius 3 is 2.70 bits per heavy atom. The van der Waals surface area contributed by atoms with Crippen LogP contribution in [0.3, 0.4) is 0 Å². The molecule has 4 N–H and O–H groups in total. The Labute approximate surface area is 159 Å². The third-order valence-corrected chi connectivity index (χ3v) is 5.72. The van der Waals surface area contributed by atoms with Gasteiger partial charge in [0.15, 0.2) is 5.60 Å². The second-order valence-electron chi connectivity index (χ2n) is 7.85. The van der Waals surface area contributed by atoms with E-state index in [2.05, 4.69) is 10.3 Å². The minimum atomic E-state index is -1.36. The first kappa shape index (κ1) is 19.3. The van der Waals surface area contributed by atoms with Gasteiger partial charge >= 0.3 is 6.09 Å². The molecule has 0 bridgehead atoms. The maximum Gasteiger partial charge on any atom is 0.405 e. The van der Waals surface area contributed by atoms with Gasteiger partial charge in [-0.15, -0.1) is 0 Å². The van der Waals surface area contributed by atoms with Crippen LogP contribution in [0, 0.1) is 5.92 Å². The molecule has 1 heterocycles. The molecule has 0 aliphatic heterocycles. The van der Waals surface area contributed by atoms with E-state index in [-0.39, 0.29) is 18.4 Å². The van der Waals surface area contributed by atoms with Crippen LogP contribution in [0.1, 0.15) is 51.5 Å². The van der Waals surface area contributed by atoms with E-state index in [9.17, 15) is 9.59 Å². The molecule has 1 aromatic heterocycles. The Kier molecular flexibility index (Phi) is 5.73. The number of primary amides is 1. The van der Waals surface area contributed by atoms with Crippen LogP contribution in [0.15, 0.2) is 30.5 Å². The van der Waals surface area contributed by atoms with Gasteiger partial charge in [-0.25, -0.2) is 4.79 Å². The van der Waals surface area contributed by atoms with Crippen molar-refractivity contribution in [3.05, 3.63) is 36.0 Å². The van der Waals surface area contributed by atoms with Crippen LogP contribution in [0.2, 0.25) is 0 Å². The third kappa shape index (κ3) is 4.43. The molecule has 2 unspecified atom stereocenters. The molecule has 27 heavy (non-hydrogen) atoms. The number of benzene rings is 1.